The second kappa shape index (κ2) is 8.58. The highest BCUT2D eigenvalue weighted by Crippen LogP contribution is 2.30. The van der Waals surface area contributed by atoms with Crippen LogP contribution in [0, 0.1) is 12.8 Å². The van der Waals surface area contributed by atoms with Gasteiger partial charge in [-0.1, -0.05) is 29.8 Å². The Kier molecular flexibility index (Phi) is 5.96. The zero-order valence-electron chi connectivity index (χ0n) is 15.2. The van der Waals surface area contributed by atoms with Crippen LogP contribution in [0.25, 0.3) is 0 Å². The van der Waals surface area contributed by atoms with Gasteiger partial charge in [0.25, 0.3) is 5.91 Å². The molecule has 0 radical (unpaired) electrons. The predicted octanol–water partition coefficient (Wildman–Crippen LogP) is 2.83. The summed E-state index contributed by atoms with van der Waals surface area (Å²) < 4.78 is 11.1. The van der Waals surface area contributed by atoms with Gasteiger partial charge in [-0.25, -0.2) is 0 Å². The monoisotopic (exact) mass is 369 g/mol. The van der Waals surface area contributed by atoms with Gasteiger partial charge >= 0.3 is 5.97 Å². The summed E-state index contributed by atoms with van der Waals surface area (Å²) in [6.07, 6.45) is 1.15. The van der Waals surface area contributed by atoms with E-state index in [1.807, 2.05) is 31.2 Å². The lowest BCUT2D eigenvalue weighted by atomic mass is 9.98. The SMILES string of the molecule is Cc1cccc(CC(CNC(=O)c2ccc3c(c2)OCCCO3)C(=O)O)c1. The number of carboxylic acids is 1. The van der Waals surface area contributed by atoms with Crippen molar-refractivity contribution in [2.75, 3.05) is 19.8 Å². The Balaban J connectivity index is 1.64. The number of nitrogens with one attached hydrogen (secondary N) is 1. The van der Waals surface area contributed by atoms with E-state index in [-0.39, 0.29) is 12.5 Å². The van der Waals surface area contributed by atoms with Crippen molar-refractivity contribution >= 4 is 11.9 Å². The molecule has 6 nitrogen and oxygen atoms in total. The van der Waals surface area contributed by atoms with Crippen molar-refractivity contribution < 1.29 is 24.2 Å². The minimum absolute atomic E-state index is 0.0521. The number of aryl methyl sites for hydroxylation is 1. The molecule has 2 aromatic rings. The van der Waals surface area contributed by atoms with Crippen LogP contribution in [0.4, 0.5) is 0 Å². The lowest BCUT2D eigenvalue weighted by Crippen LogP contribution is -2.34. The van der Waals surface area contributed by atoms with Gasteiger partial charge in [0, 0.05) is 18.5 Å². The molecule has 1 unspecified atom stereocenters. The van der Waals surface area contributed by atoms with Gasteiger partial charge in [0.2, 0.25) is 0 Å². The van der Waals surface area contributed by atoms with Crippen molar-refractivity contribution in [2.45, 2.75) is 19.8 Å². The average molecular weight is 369 g/mol. The highest BCUT2D eigenvalue weighted by atomic mass is 16.5. The fourth-order valence-corrected chi connectivity index (χ4v) is 2.99. The van der Waals surface area contributed by atoms with Crippen LogP contribution in [0.3, 0.4) is 0 Å². The molecule has 27 heavy (non-hydrogen) atoms. The largest absolute Gasteiger partial charge is 0.490 e. The second-order valence-electron chi connectivity index (χ2n) is 6.65. The predicted molar refractivity (Wildman–Crippen MR) is 100 cm³/mol. The van der Waals surface area contributed by atoms with Crippen LogP contribution in [0.5, 0.6) is 11.5 Å². The number of hydrogen-bond acceptors (Lipinski definition) is 4. The molecule has 0 spiro atoms. The molecule has 1 aliphatic rings. The third-order valence-electron chi connectivity index (χ3n) is 4.43. The van der Waals surface area contributed by atoms with Crippen LogP contribution in [-0.2, 0) is 11.2 Å². The number of rotatable bonds is 6. The smallest absolute Gasteiger partial charge is 0.308 e. The fourth-order valence-electron chi connectivity index (χ4n) is 2.99. The summed E-state index contributed by atoms with van der Waals surface area (Å²) in [5.74, 6) is -0.811. The van der Waals surface area contributed by atoms with Gasteiger partial charge in [-0.2, -0.15) is 0 Å². The first-order chi connectivity index (χ1) is 13.0. The average Bonchev–Trinajstić information content (AvgIpc) is 2.89. The Bertz CT molecular complexity index is 833. The summed E-state index contributed by atoms with van der Waals surface area (Å²) in [5, 5.41) is 12.2. The normalized spacial score (nSPS) is 14.1. The molecule has 0 saturated heterocycles. The van der Waals surface area contributed by atoms with E-state index >= 15 is 0 Å². The zero-order valence-corrected chi connectivity index (χ0v) is 15.2. The van der Waals surface area contributed by atoms with Gasteiger partial charge in [-0.15, -0.1) is 0 Å². The quantitative estimate of drug-likeness (QED) is 0.818. The molecule has 0 fully saturated rings. The second-order valence-corrected chi connectivity index (χ2v) is 6.65. The van der Waals surface area contributed by atoms with Crippen LogP contribution >= 0.6 is 0 Å². The molecular formula is C21H23NO5. The van der Waals surface area contributed by atoms with Crippen molar-refractivity contribution in [3.63, 3.8) is 0 Å². The molecule has 0 aliphatic carbocycles. The Hall–Kier alpha value is -3.02. The number of amides is 1. The maximum Gasteiger partial charge on any atom is 0.308 e. The van der Waals surface area contributed by atoms with E-state index in [1.54, 1.807) is 18.2 Å². The van der Waals surface area contributed by atoms with Gasteiger partial charge < -0.3 is 19.9 Å². The van der Waals surface area contributed by atoms with Crippen LogP contribution < -0.4 is 14.8 Å². The number of ether oxygens (including phenoxy) is 2. The Labute approximate surface area is 158 Å². The van der Waals surface area contributed by atoms with Crippen LogP contribution in [0.15, 0.2) is 42.5 Å². The first kappa shape index (κ1) is 18.8. The molecule has 2 aromatic carbocycles. The molecule has 1 aliphatic heterocycles. The van der Waals surface area contributed by atoms with Crippen LogP contribution in [0.1, 0.15) is 27.9 Å². The third kappa shape index (κ3) is 5.00. The molecule has 0 aromatic heterocycles. The van der Waals surface area contributed by atoms with Crippen molar-refractivity contribution in [3.05, 3.63) is 59.2 Å². The molecule has 2 N–H and O–H groups in total. The minimum Gasteiger partial charge on any atom is -0.490 e. The minimum atomic E-state index is -0.935. The maximum absolute atomic E-state index is 12.4. The zero-order chi connectivity index (χ0) is 19.2. The molecule has 0 saturated carbocycles. The van der Waals surface area contributed by atoms with Gasteiger partial charge in [-0.05, 0) is 37.1 Å². The summed E-state index contributed by atoms with van der Waals surface area (Å²) >= 11 is 0. The molecule has 1 amide bonds. The lowest BCUT2D eigenvalue weighted by Gasteiger charge is -2.15. The number of benzene rings is 2. The first-order valence-corrected chi connectivity index (χ1v) is 8.99. The van der Waals surface area contributed by atoms with E-state index in [4.69, 9.17) is 9.47 Å². The summed E-state index contributed by atoms with van der Waals surface area (Å²) in [5.41, 5.74) is 2.43. The topological polar surface area (TPSA) is 84.9 Å². The summed E-state index contributed by atoms with van der Waals surface area (Å²) in [6.45, 7) is 3.13. The van der Waals surface area contributed by atoms with E-state index < -0.39 is 11.9 Å². The molecule has 1 heterocycles. The van der Waals surface area contributed by atoms with Crippen molar-refractivity contribution in [1.82, 2.24) is 5.32 Å². The van der Waals surface area contributed by atoms with E-state index in [0.717, 1.165) is 17.5 Å². The van der Waals surface area contributed by atoms with Crippen molar-refractivity contribution in [2.24, 2.45) is 5.92 Å². The summed E-state index contributed by atoms with van der Waals surface area (Å²) in [4.78, 5) is 24.0. The number of fused-ring (bicyclic) bond motifs is 1. The fraction of sp³-hybridized carbons (Fsp3) is 0.333. The number of carbonyl (C=O) groups is 2. The van der Waals surface area contributed by atoms with E-state index in [0.29, 0.717) is 36.7 Å². The Morgan fingerprint density at radius 2 is 1.89 bits per heavy atom. The first-order valence-electron chi connectivity index (χ1n) is 8.99. The molecule has 3 rings (SSSR count). The van der Waals surface area contributed by atoms with Crippen LogP contribution in [-0.4, -0.2) is 36.7 Å². The van der Waals surface area contributed by atoms with Gasteiger partial charge in [0.15, 0.2) is 11.5 Å². The highest BCUT2D eigenvalue weighted by molar-refractivity contribution is 5.95. The van der Waals surface area contributed by atoms with E-state index in [9.17, 15) is 14.7 Å². The Morgan fingerprint density at radius 3 is 2.63 bits per heavy atom. The Morgan fingerprint density at radius 1 is 1.11 bits per heavy atom. The number of carbonyl (C=O) groups excluding carboxylic acids is 1. The van der Waals surface area contributed by atoms with Crippen LogP contribution in [0.2, 0.25) is 0 Å². The van der Waals surface area contributed by atoms with Crippen molar-refractivity contribution in [3.8, 4) is 11.5 Å². The highest BCUT2D eigenvalue weighted by Gasteiger charge is 2.20. The van der Waals surface area contributed by atoms with Gasteiger partial charge in [-0.3, -0.25) is 9.59 Å². The summed E-state index contributed by atoms with van der Waals surface area (Å²) in [6, 6.07) is 12.7. The number of carboxylic acid groups (broad SMARTS) is 1. The van der Waals surface area contributed by atoms with E-state index in [2.05, 4.69) is 5.32 Å². The molecule has 6 heteroatoms. The van der Waals surface area contributed by atoms with Crippen molar-refractivity contribution in [1.29, 1.82) is 0 Å². The lowest BCUT2D eigenvalue weighted by molar-refractivity contribution is -0.141. The summed E-state index contributed by atoms with van der Waals surface area (Å²) in [7, 11) is 0. The third-order valence-corrected chi connectivity index (χ3v) is 4.43. The molecule has 0 bridgehead atoms. The maximum atomic E-state index is 12.4. The standard InChI is InChI=1S/C21H23NO5/c1-14-4-2-5-15(10-14)11-17(21(24)25)13-22-20(23)16-6-7-18-19(12-16)27-9-3-8-26-18/h2,4-7,10,12,17H,3,8-9,11,13H2,1H3,(H,22,23)(H,24,25). The number of hydrogen-bond donors (Lipinski definition) is 2. The van der Waals surface area contributed by atoms with Gasteiger partial charge in [0.05, 0.1) is 19.1 Å². The molecule has 1 atom stereocenters. The number of aliphatic carboxylic acids is 1. The van der Waals surface area contributed by atoms with E-state index in [1.165, 1.54) is 0 Å². The van der Waals surface area contributed by atoms with Gasteiger partial charge in [0.1, 0.15) is 0 Å². The molecular weight excluding hydrogens is 346 g/mol. The molecule has 142 valence electrons.